The lowest BCUT2D eigenvalue weighted by molar-refractivity contribution is -0.203. The summed E-state index contributed by atoms with van der Waals surface area (Å²) in [4.78, 5) is 45.3. The van der Waals surface area contributed by atoms with Gasteiger partial charge in [0.2, 0.25) is 0 Å². The second-order valence-corrected chi connectivity index (χ2v) is 3.81. The van der Waals surface area contributed by atoms with Gasteiger partial charge in [0.15, 0.2) is 0 Å². The molecular formula is C8H10N2O8. The highest BCUT2D eigenvalue weighted by Crippen LogP contribution is 2.28. The number of hydrogen-bond donors (Lipinski definition) is 3. The van der Waals surface area contributed by atoms with Gasteiger partial charge in [-0.15, -0.1) is 0 Å². The standard InChI is InChI=1S/C8H10N2O8/c1-8(2)3(11)9(5(13)14)4(12)10(8)6(15)18-7(16)17/h7,16-17H,1-2H3,(H,13,14). The fourth-order valence-electron chi connectivity index (χ4n) is 1.41. The van der Waals surface area contributed by atoms with E-state index >= 15 is 0 Å². The molecule has 0 aromatic carbocycles. The lowest BCUT2D eigenvalue weighted by Crippen LogP contribution is -2.48. The van der Waals surface area contributed by atoms with Crippen LogP contribution in [0.2, 0.25) is 0 Å². The lowest BCUT2D eigenvalue weighted by atomic mass is 10.1. The molecule has 5 amide bonds. The highest BCUT2D eigenvalue weighted by molar-refractivity contribution is 6.20. The van der Waals surface area contributed by atoms with Crippen molar-refractivity contribution in [3.8, 4) is 0 Å². The molecule has 0 aromatic rings. The summed E-state index contributed by atoms with van der Waals surface area (Å²) in [6.07, 6.45) is -3.39. The molecule has 1 heterocycles. The fourth-order valence-corrected chi connectivity index (χ4v) is 1.41. The molecule has 1 aliphatic rings. The van der Waals surface area contributed by atoms with E-state index in [9.17, 15) is 19.2 Å². The molecule has 0 bridgehead atoms. The average Bonchev–Trinajstić information content (AvgIpc) is 2.31. The van der Waals surface area contributed by atoms with Crippen molar-refractivity contribution in [2.24, 2.45) is 0 Å². The number of nitrogens with zero attached hydrogens (tertiary/aromatic N) is 2. The maximum absolute atomic E-state index is 11.6. The van der Waals surface area contributed by atoms with Crippen molar-refractivity contribution in [2.45, 2.75) is 25.9 Å². The number of carbonyl (C=O) groups excluding carboxylic acids is 3. The molecule has 0 spiro atoms. The molecule has 10 heteroatoms. The Bertz CT molecular complexity index is 429. The van der Waals surface area contributed by atoms with Crippen LogP contribution >= 0.6 is 0 Å². The zero-order valence-electron chi connectivity index (χ0n) is 9.35. The van der Waals surface area contributed by atoms with Crippen molar-refractivity contribution < 1.29 is 39.2 Å². The minimum absolute atomic E-state index is 0.162. The number of amides is 5. The molecular weight excluding hydrogens is 252 g/mol. The van der Waals surface area contributed by atoms with Crippen LogP contribution in [0.4, 0.5) is 14.4 Å². The zero-order valence-corrected chi connectivity index (χ0v) is 9.35. The summed E-state index contributed by atoms with van der Waals surface area (Å²) in [5.74, 6) is -1.15. The van der Waals surface area contributed by atoms with Gasteiger partial charge in [-0.2, -0.15) is 4.90 Å². The summed E-state index contributed by atoms with van der Waals surface area (Å²) in [7, 11) is 0. The Kier molecular flexibility index (Phi) is 3.26. The summed E-state index contributed by atoms with van der Waals surface area (Å²) in [6, 6.07) is -1.44. The van der Waals surface area contributed by atoms with Crippen molar-refractivity contribution in [2.75, 3.05) is 0 Å². The first-order chi connectivity index (χ1) is 8.10. The van der Waals surface area contributed by atoms with Gasteiger partial charge in [-0.1, -0.05) is 0 Å². The molecule has 0 radical (unpaired) electrons. The molecule has 3 N–H and O–H groups in total. The Labute approximate surface area is 100.0 Å². The smallest absolute Gasteiger partial charge is 0.423 e. The van der Waals surface area contributed by atoms with E-state index in [1.165, 1.54) is 0 Å². The molecule has 10 nitrogen and oxygen atoms in total. The van der Waals surface area contributed by atoms with E-state index in [0.717, 1.165) is 13.8 Å². The van der Waals surface area contributed by atoms with Crippen LogP contribution < -0.4 is 0 Å². The molecule has 1 rings (SSSR count). The Morgan fingerprint density at radius 2 is 1.78 bits per heavy atom. The van der Waals surface area contributed by atoms with Crippen LogP contribution in [0.5, 0.6) is 0 Å². The van der Waals surface area contributed by atoms with Crippen LogP contribution in [0.15, 0.2) is 0 Å². The van der Waals surface area contributed by atoms with Crippen LogP contribution in [0, 0.1) is 0 Å². The maximum Gasteiger partial charge on any atom is 0.423 e. The minimum Gasteiger partial charge on any atom is -0.464 e. The summed E-state index contributed by atoms with van der Waals surface area (Å²) in [5.41, 5.74) is -1.80. The number of urea groups is 1. The lowest BCUT2D eigenvalue weighted by Gasteiger charge is -2.24. The van der Waals surface area contributed by atoms with E-state index in [1.54, 1.807) is 0 Å². The normalized spacial score (nSPS) is 18.5. The zero-order chi connectivity index (χ0) is 14.2. The summed E-state index contributed by atoms with van der Waals surface area (Å²) in [6.45, 7) is -0.266. The fraction of sp³-hybridized carbons (Fsp3) is 0.500. The third-order valence-electron chi connectivity index (χ3n) is 2.25. The molecule has 0 unspecified atom stereocenters. The van der Waals surface area contributed by atoms with Gasteiger partial charge in [-0.3, -0.25) is 4.79 Å². The minimum atomic E-state index is -2.49. The summed E-state index contributed by atoms with van der Waals surface area (Å²) < 4.78 is 3.92. The Hall–Kier alpha value is -2.20. The third kappa shape index (κ3) is 1.98. The van der Waals surface area contributed by atoms with E-state index < -0.39 is 36.1 Å². The monoisotopic (exact) mass is 262 g/mol. The molecule has 0 saturated carbocycles. The molecule has 100 valence electrons. The molecule has 1 saturated heterocycles. The van der Waals surface area contributed by atoms with Gasteiger partial charge < -0.3 is 20.1 Å². The second-order valence-electron chi connectivity index (χ2n) is 3.81. The maximum atomic E-state index is 11.6. The first-order valence-corrected chi connectivity index (χ1v) is 4.59. The molecule has 1 fully saturated rings. The average molecular weight is 262 g/mol. The van der Waals surface area contributed by atoms with Crippen LogP contribution in [-0.2, 0) is 9.53 Å². The highest BCUT2D eigenvalue weighted by Gasteiger charge is 2.57. The molecule has 18 heavy (non-hydrogen) atoms. The van der Waals surface area contributed by atoms with Crippen LogP contribution in [0.3, 0.4) is 0 Å². The molecule has 0 atom stereocenters. The Balaban J connectivity index is 3.13. The van der Waals surface area contributed by atoms with Crippen molar-refractivity contribution in [3.05, 3.63) is 0 Å². The first kappa shape index (κ1) is 13.9. The topological polar surface area (TPSA) is 145 Å². The van der Waals surface area contributed by atoms with E-state index in [4.69, 9.17) is 15.3 Å². The predicted octanol–water partition coefficient (Wildman–Crippen LogP) is -0.888. The largest absolute Gasteiger partial charge is 0.464 e. The number of hydrogen-bond acceptors (Lipinski definition) is 7. The Morgan fingerprint density at radius 1 is 1.28 bits per heavy atom. The quantitative estimate of drug-likeness (QED) is 0.407. The number of imide groups is 4. The van der Waals surface area contributed by atoms with Gasteiger partial charge in [0.05, 0.1) is 0 Å². The third-order valence-corrected chi connectivity index (χ3v) is 2.25. The van der Waals surface area contributed by atoms with Crippen molar-refractivity contribution in [1.29, 1.82) is 0 Å². The van der Waals surface area contributed by atoms with Gasteiger partial charge >= 0.3 is 24.7 Å². The van der Waals surface area contributed by atoms with Crippen molar-refractivity contribution in [1.82, 2.24) is 9.80 Å². The van der Waals surface area contributed by atoms with Gasteiger partial charge in [0.1, 0.15) is 5.54 Å². The highest BCUT2D eigenvalue weighted by atomic mass is 16.8. The van der Waals surface area contributed by atoms with E-state index in [2.05, 4.69) is 4.74 Å². The van der Waals surface area contributed by atoms with Crippen LogP contribution in [0.1, 0.15) is 13.8 Å². The number of aliphatic hydroxyl groups excluding tert-OH is 1. The van der Waals surface area contributed by atoms with Crippen molar-refractivity contribution >= 4 is 24.1 Å². The van der Waals surface area contributed by atoms with Gasteiger partial charge in [0, 0.05) is 0 Å². The molecule has 0 aliphatic carbocycles. The van der Waals surface area contributed by atoms with Crippen molar-refractivity contribution in [3.63, 3.8) is 0 Å². The first-order valence-electron chi connectivity index (χ1n) is 4.59. The Morgan fingerprint density at radius 3 is 2.11 bits per heavy atom. The predicted molar refractivity (Wildman–Crippen MR) is 50.9 cm³/mol. The van der Waals surface area contributed by atoms with Gasteiger partial charge in [0.25, 0.3) is 5.91 Å². The summed E-state index contributed by atoms with van der Waals surface area (Å²) in [5, 5.41) is 25.6. The van der Waals surface area contributed by atoms with Crippen LogP contribution in [-0.4, -0.2) is 61.3 Å². The number of ether oxygens (including phenoxy) is 1. The number of carbonyl (C=O) groups is 4. The SMILES string of the molecule is CC1(C)C(=O)N(C(=O)O)C(=O)N1C(=O)OC(O)O. The van der Waals surface area contributed by atoms with Gasteiger partial charge in [-0.25, -0.2) is 19.3 Å². The van der Waals surface area contributed by atoms with E-state index in [0.29, 0.717) is 0 Å². The second kappa shape index (κ2) is 4.23. The number of aliphatic hydroxyl groups is 2. The van der Waals surface area contributed by atoms with Crippen LogP contribution in [0.25, 0.3) is 0 Å². The number of rotatable bonds is 1. The molecule has 0 aromatic heterocycles. The molecule has 1 aliphatic heterocycles. The number of carboxylic acid groups (broad SMARTS) is 1. The summed E-state index contributed by atoms with van der Waals surface area (Å²) >= 11 is 0. The van der Waals surface area contributed by atoms with E-state index in [-0.39, 0.29) is 9.80 Å². The van der Waals surface area contributed by atoms with Gasteiger partial charge in [-0.05, 0) is 13.8 Å². The van der Waals surface area contributed by atoms with E-state index in [1.807, 2.05) is 0 Å².